The molecule has 0 aliphatic carbocycles. The highest BCUT2D eigenvalue weighted by Gasteiger charge is 2.15. The molecule has 5 nitrogen and oxygen atoms in total. The monoisotopic (exact) mass is 306 g/mol. The predicted molar refractivity (Wildman–Crippen MR) is 65.1 cm³/mol. The molecular weight excluding hydrogens is 299 g/mol. The van der Waals surface area contributed by atoms with Crippen molar-refractivity contribution in [3.8, 4) is 0 Å². The van der Waals surface area contributed by atoms with Crippen LogP contribution in [0.25, 0.3) is 0 Å². The highest BCUT2D eigenvalue weighted by Crippen LogP contribution is 2.27. The lowest BCUT2D eigenvalue weighted by molar-refractivity contribution is -0.383. The molecule has 0 radical (unpaired) electrons. The molecular formula is C9H8BrClN2O3. The number of anilines is 1. The normalized spacial score (nSPS) is 9.88. The Labute approximate surface area is 105 Å². The summed E-state index contributed by atoms with van der Waals surface area (Å²) in [4.78, 5) is 21.4. The minimum atomic E-state index is -0.588. The van der Waals surface area contributed by atoms with Gasteiger partial charge in [0.25, 0.3) is 5.69 Å². The Bertz CT molecular complexity index is 425. The number of carbonyl (C=O) groups excluding carboxylic acids is 1. The Kier molecular flexibility index (Phi) is 4.70. The highest BCUT2D eigenvalue weighted by atomic mass is 79.9. The van der Waals surface area contributed by atoms with Gasteiger partial charge in [-0.15, -0.1) is 0 Å². The first-order chi connectivity index (χ1) is 7.54. The first kappa shape index (κ1) is 12.9. The lowest BCUT2D eigenvalue weighted by Gasteiger charge is -2.04. The molecule has 1 rings (SSSR count). The molecule has 0 saturated heterocycles. The van der Waals surface area contributed by atoms with Gasteiger partial charge in [-0.3, -0.25) is 14.9 Å². The minimum absolute atomic E-state index is 0.153. The number of halogens is 2. The Morgan fingerprint density at radius 2 is 2.25 bits per heavy atom. The fourth-order valence-corrected chi connectivity index (χ4v) is 1.59. The number of alkyl halides is 1. The maximum atomic E-state index is 11.3. The van der Waals surface area contributed by atoms with E-state index in [9.17, 15) is 14.9 Å². The molecule has 16 heavy (non-hydrogen) atoms. The van der Waals surface area contributed by atoms with Gasteiger partial charge in [0.2, 0.25) is 5.91 Å². The number of hydrogen-bond donors (Lipinski definition) is 1. The molecule has 0 unspecified atom stereocenters. The van der Waals surface area contributed by atoms with Gasteiger partial charge in [-0.1, -0.05) is 27.5 Å². The van der Waals surface area contributed by atoms with Crippen LogP contribution in [0.1, 0.15) is 6.42 Å². The van der Waals surface area contributed by atoms with Crippen molar-refractivity contribution >= 4 is 44.8 Å². The third kappa shape index (κ3) is 3.46. The van der Waals surface area contributed by atoms with Crippen molar-refractivity contribution in [1.82, 2.24) is 0 Å². The van der Waals surface area contributed by atoms with E-state index in [1.54, 1.807) is 0 Å². The summed E-state index contributed by atoms with van der Waals surface area (Å²) in [6, 6.07) is 4.09. The molecule has 0 aliphatic heterocycles. The Hall–Kier alpha value is -1.14. The summed E-state index contributed by atoms with van der Waals surface area (Å²) < 4.78 is 0. The molecule has 0 heterocycles. The van der Waals surface area contributed by atoms with Crippen molar-refractivity contribution in [3.05, 3.63) is 33.3 Å². The number of nitrogens with zero attached hydrogens (tertiary/aromatic N) is 1. The molecule has 7 heteroatoms. The fraction of sp³-hybridized carbons (Fsp3) is 0.222. The quantitative estimate of drug-likeness (QED) is 0.528. The second-order valence-corrected chi connectivity index (χ2v) is 4.14. The summed E-state index contributed by atoms with van der Waals surface area (Å²) in [5.41, 5.74) is -0.0595. The van der Waals surface area contributed by atoms with Crippen LogP contribution in [0.4, 0.5) is 11.4 Å². The van der Waals surface area contributed by atoms with E-state index in [1.165, 1.54) is 18.2 Å². The van der Waals surface area contributed by atoms with E-state index in [2.05, 4.69) is 21.2 Å². The van der Waals surface area contributed by atoms with Crippen LogP contribution in [0.5, 0.6) is 0 Å². The zero-order chi connectivity index (χ0) is 12.1. The van der Waals surface area contributed by atoms with Crippen molar-refractivity contribution in [1.29, 1.82) is 0 Å². The van der Waals surface area contributed by atoms with Gasteiger partial charge >= 0.3 is 0 Å². The van der Waals surface area contributed by atoms with Gasteiger partial charge in [0.05, 0.1) is 4.92 Å². The van der Waals surface area contributed by atoms with E-state index in [1.807, 2.05) is 0 Å². The number of hydrogen-bond acceptors (Lipinski definition) is 3. The number of rotatable bonds is 4. The van der Waals surface area contributed by atoms with Gasteiger partial charge in [0, 0.05) is 22.8 Å². The molecule has 0 aliphatic rings. The van der Waals surface area contributed by atoms with Crippen LogP contribution in [0.15, 0.2) is 18.2 Å². The van der Waals surface area contributed by atoms with Crippen LogP contribution in [0, 0.1) is 10.1 Å². The van der Waals surface area contributed by atoms with Gasteiger partial charge < -0.3 is 5.32 Å². The number of nitro groups is 1. The number of amides is 1. The molecule has 1 N–H and O–H groups in total. The molecule has 0 aromatic heterocycles. The van der Waals surface area contributed by atoms with Gasteiger partial charge in [-0.05, 0) is 12.1 Å². The van der Waals surface area contributed by atoms with E-state index in [0.29, 0.717) is 5.33 Å². The van der Waals surface area contributed by atoms with Gasteiger partial charge in [-0.2, -0.15) is 0 Å². The standard InChI is InChI=1S/C9H8BrClN2O3/c10-4-3-9(14)12-7-2-1-6(11)5-8(7)13(15)16/h1-2,5H,3-4H2,(H,12,14). The molecule has 1 aromatic carbocycles. The zero-order valence-corrected chi connectivity index (χ0v) is 10.4. The van der Waals surface area contributed by atoms with Crippen LogP contribution < -0.4 is 5.32 Å². The molecule has 86 valence electrons. The number of nitro benzene ring substituents is 1. The van der Waals surface area contributed by atoms with Crippen molar-refractivity contribution in [2.24, 2.45) is 0 Å². The van der Waals surface area contributed by atoms with Crippen molar-refractivity contribution in [3.63, 3.8) is 0 Å². The van der Waals surface area contributed by atoms with Crippen LogP contribution in [-0.2, 0) is 4.79 Å². The van der Waals surface area contributed by atoms with Crippen LogP contribution in [0.2, 0.25) is 5.02 Å². The number of benzene rings is 1. The summed E-state index contributed by atoms with van der Waals surface area (Å²) in [6.45, 7) is 0. The van der Waals surface area contributed by atoms with E-state index in [4.69, 9.17) is 11.6 Å². The number of carbonyl (C=O) groups is 1. The number of nitrogens with one attached hydrogen (secondary N) is 1. The van der Waals surface area contributed by atoms with E-state index in [0.717, 1.165) is 0 Å². The molecule has 0 spiro atoms. The Morgan fingerprint density at radius 3 is 2.81 bits per heavy atom. The third-order valence-corrected chi connectivity index (χ3v) is 2.38. The SMILES string of the molecule is O=C(CCBr)Nc1ccc(Cl)cc1[N+](=O)[O-]. The van der Waals surface area contributed by atoms with Crippen molar-refractivity contribution in [2.45, 2.75) is 6.42 Å². The fourth-order valence-electron chi connectivity index (χ4n) is 1.06. The molecule has 0 atom stereocenters. The summed E-state index contributed by atoms with van der Waals surface area (Å²) in [7, 11) is 0. The van der Waals surface area contributed by atoms with Crippen LogP contribution >= 0.6 is 27.5 Å². The zero-order valence-electron chi connectivity index (χ0n) is 8.07. The Balaban J connectivity index is 2.95. The van der Waals surface area contributed by atoms with E-state index < -0.39 is 4.92 Å². The topological polar surface area (TPSA) is 72.2 Å². The predicted octanol–water partition coefficient (Wildman–Crippen LogP) is 2.97. The Morgan fingerprint density at radius 1 is 1.56 bits per heavy atom. The van der Waals surface area contributed by atoms with Crippen LogP contribution in [0.3, 0.4) is 0 Å². The first-order valence-corrected chi connectivity index (χ1v) is 5.84. The average molecular weight is 308 g/mol. The molecule has 1 amide bonds. The van der Waals surface area contributed by atoms with E-state index in [-0.39, 0.29) is 28.7 Å². The maximum Gasteiger partial charge on any atom is 0.294 e. The van der Waals surface area contributed by atoms with Gasteiger partial charge in [0.1, 0.15) is 5.69 Å². The highest BCUT2D eigenvalue weighted by molar-refractivity contribution is 9.09. The summed E-state index contributed by atoms with van der Waals surface area (Å²) in [5, 5.41) is 13.9. The molecule has 0 saturated carbocycles. The van der Waals surface area contributed by atoms with Crippen molar-refractivity contribution < 1.29 is 9.72 Å². The smallest absolute Gasteiger partial charge is 0.294 e. The van der Waals surface area contributed by atoms with E-state index >= 15 is 0 Å². The maximum absolute atomic E-state index is 11.3. The molecule has 0 fully saturated rings. The lowest BCUT2D eigenvalue weighted by Crippen LogP contribution is -2.12. The van der Waals surface area contributed by atoms with Gasteiger partial charge in [-0.25, -0.2) is 0 Å². The third-order valence-electron chi connectivity index (χ3n) is 1.75. The van der Waals surface area contributed by atoms with Gasteiger partial charge in [0.15, 0.2) is 0 Å². The lowest BCUT2D eigenvalue weighted by atomic mass is 10.2. The minimum Gasteiger partial charge on any atom is -0.320 e. The first-order valence-electron chi connectivity index (χ1n) is 4.34. The molecule has 1 aromatic rings. The second-order valence-electron chi connectivity index (χ2n) is 2.91. The largest absolute Gasteiger partial charge is 0.320 e. The average Bonchev–Trinajstić information content (AvgIpc) is 2.20. The van der Waals surface area contributed by atoms with Crippen molar-refractivity contribution in [2.75, 3.05) is 10.6 Å². The van der Waals surface area contributed by atoms with Crippen LogP contribution in [-0.4, -0.2) is 16.2 Å². The summed E-state index contributed by atoms with van der Waals surface area (Å²) in [5.74, 6) is -0.290. The summed E-state index contributed by atoms with van der Waals surface area (Å²) >= 11 is 8.74. The summed E-state index contributed by atoms with van der Waals surface area (Å²) in [6.07, 6.45) is 0.250. The molecule has 0 bridgehead atoms. The second kappa shape index (κ2) is 5.81.